The fourth-order valence-electron chi connectivity index (χ4n) is 2.53. The lowest BCUT2D eigenvalue weighted by molar-refractivity contribution is -0.146. The second-order valence-electron chi connectivity index (χ2n) is 5.92. The standard InChI is InChI=1S/C15H28N2O4/c1-11(2)21-7-5-6-16-14(18)10-17-8-12(3)13(9-17)15(19)20-4/h11-13H,5-10H2,1-4H3,(H,16,18). The van der Waals surface area contributed by atoms with Gasteiger partial charge in [0.15, 0.2) is 0 Å². The fraction of sp³-hybridized carbons (Fsp3) is 0.867. The number of methoxy groups -OCH3 is 1. The molecular weight excluding hydrogens is 272 g/mol. The Morgan fingerprint density at radius 2 is 2.05 bits per heavy atom. The first-order valence-corrected chi connectivity index (χ1v) is 7.62. The summed E-state index contributed by atoms with van der Waals surface area (Å²) in [6.07, 6.45) is 1.03. The summed E-state index contributed by atoms with van der Waals surface area (Å²) in [6.45, 7) is 8.96. The number of hydrogen-bond acceptors (Lipinski definition) is 5. The third-order valence-electron chi connectivity index (χ3n) is 3.65. The Morgan fingerprint density at radius 1 is 1.33 bits per heavy atom. The van der Waals surface area contributed by atoms with Gasteiger partial charge in [-0.05, 0) is 26.2 Å². The number of amides is 1. The predicted molar refractivity (Wildman–Crippen MR) is 79.8 cm³/mol. The lowest BCUT2D eigenvalue weighted by atomic mass is 9.99. The molecule has 1 N–H and O–H groups in total. The zero-order valence-corrected chi connectivity index (χ0v) is 13.6. The minimum atomic E-state index is -0.184. The van der Waals surface area contributed by atoms with Crippen LogP contribution in [0.3, 0.4) is 0 Å². The number of carbonyl (C=O) groups excluding carboxylic acids is 2. The summed E-state index contributed by atoms with van der Waals surface area (Å²) in [6, 6.07) is 0. The third-order valence-corrected chi connectivity index (χ3v) is 3.65. The summed E-state index contributed by atoms with van der Waals surface area (Å²) < 4.78 is 10.2. The molecule has 1 saturated heterocycles. The van der Waals surface area contributed by atoms with E-state index in [1.54, 1.807) is 0 Å². The van der Waals surface area contributed by atoms with Crippen LogP contribution in [-0.4, -0.2) is 62.8 Å². The van der Waals surface area contributed by atoms with Gasteiger partial charge >= 0.3 is 5.97 Å². The number of likely N-dealkylation sites (tertiary alicyclic amines) is 1. The van der Waals surface area contributed by atoms with Crippen LogP contribution in [0.1, 0.15) is 27.2 Å². The molecule has 1 aliphatic rings. The lowest BCUT2D eigenvalue weighted by Gasteiger charge is -2.15. The highest BCUT2D eigenvalue weighted by Gasteiger charge is 2.35. The molecule has 0 saturated carbocycles. The van der Waals surface area contributed by atoms with Gasteiger partial charge in [0, 0.05) is 26.2 Å². The van der Waals surface area contributed by atoms with E-state index < -0.39 is 0 Å². The van der Waals surface area contributed by atoms with E-state index >= 15 is 0 Å². The van der Waals surface area contributed by atoms with Crippen molar-refractivity contribution in [3.63, 3.8) is 0 Å². The minimum Gasteiger partial charge on any atom is -0.469 e. The average molecular weight is 300 g/mol. The van der Waals surface area contributed by atoms with E-state index in [4.69, 9.17) is 9.47 Å². The Kier molecular flexibility index (Phi) is 7.67. The van der Waals surface area contributed by atoms with Crippen LogP contribution in [0.4, 0.5) is 0 Å². The van der Waals surface area contributed by atoms with Crippen molar-refractivity contribution in [2.45, 2.75) is 33.3 Å². The van der Waals surface area contributed by atoms with E-state index in [9.17, 15) is 9.59 Å². The molecule has 2 atom stereocenters. The van der Waals surface area contributed by atoms with E-state index in [1.807, 2.05) is 25.7 Å². The number of esters is 1. The number of ether oxygens (including phenoxy) is 2. The molecule has 6 nitrogen and oxygen atoms in total. The summed E-state index contributed by atoms with van der Waals surface area (Å²) >= 11 is 0. The van der Waals surface area contributed by atoms with Crippen molar-refractivity contribution >= 4 is 11.9 Å². The molecule has 0 radical (unpaired) electrons. The Labute approximate surface area is 127 Å². The summed E-state index contributed by atoms with van der Waals surface area (Å²) in [7, 11) is 1.41. The molecule has 21 heavy (non-hydrogen) atoms. The molecule has 0 aromatic carbocycles. The van der Waals surface area contributed by atoms with Gasteiger partial charge in [-0.15, -0.1) is 0 Å². The van der Waals surface area contributed by atoms with E-state index in [0.29, 0.717) is 26.2 Å². The minimum absolute atomic E-state index is 0.00253. The van der Waals surface area contributed by atoms with E-state index in [1.165, 1.54) is 7.11 Å². The normalized spacial score (nSPS) is 22.5. The number of hydrogen-bond donors (Lipinski definition) is 1. The topological polar surface area (TPSA) is 67.9 Å². The molecule has 1 fully saturated rings. The summed E-state index contributed by atoms with van der Waals surface area (Å²) in [5.74, 6) is -0.0829. The molecule has 0 spiro atoms. The first-order chi connectivity index (χ1) is 9.93. The number of carbonyl (C=O) groups is 2. The maximum Gasteiger partial charge on any atom is 0.310 e. The zero-order valence-electron chi connectivity index (χ0n) is 13.6. The highest BCUT2D eigenvalue weighted by atomic mass is 16.5. The Morgan fingerprint density at radius 3 is 2.67 bits per heavy atom. The van der Waals surface area contributed by atoms with Crippen molar-refractivity contribution in [3.8, 4) is 0 Å². The lowest BCUT2D eigenvalue weighted by Crippen LogP contribution is -2.37. The first kappa shape index (κ1) is 17.9. The van der Waals surface area contributed by atoms with Crippen LogP contribution in [0, 0.1) is 11.8 Å². The molecule has 1 aliphatic heterocycles. The molecule has 0 aliphatic carbocycles. The number of nitrogens with zero attached hydrogens (tertiary/aromatic N) is 1. The van der Waals surface area contributed by atoms with E-state index in [2.05, 4.69) is 5.32 Å². The zero-order chi connectivity index (χ0) is 15.8. The summed E-state index contributed by atoms with van der Waals surface area (Å²) in [5, 5.41) is 2.88. The molecule has 0 bridgehead atoms. The van der Waals surface area contributed by atoms with Crippen molar-refractivity contribution in [2.24, 2.45) is 11.8 Å². The molecular formula is C15H28N2O4. The molecule has 1 rings (SSSR count). The van der Waals surface area contributed by atoms with Crippen molar-refractivity contribution in [3.05, 3.63) is 0 Å². The maximum atomic E-state index is 11.8. The molecule has 122 valence electrons. The van der Waals surface area contributed by atoms with Crippen molar-refractivity contribution in [1.82, 2.24) is 10.2 Å². The smallest absolute Gasteiger partial charge is 0.310 e. The fourth-order valence-corrected chi connectivity index (χ4v) is 2.53. The molecule has 2 unspecified atom stereocenters. The first-order valence-electron chi connectivity index (χ1n) is 7.62. The van der Waals surface area contributed by atoms with Crippen LogP contribution in [-0.2, 0) is 19.1 Å². The molecule has 1 amide bonds. The van der Waals surface area contributed by atoms with Gasteiger partial charge < -0.3 is 14.8 Å². The molecule has 0 aromatic heterocycles. The molecule has 6 heteroatoms. The SMILES string of the molecule is COC(=O)C1CN(CC(=O)NCCCOC(C)C)CC1C. The van der Waals surface area contributed by atoms with Gasteiger partial charge in [-0.3, -0.25) is 14.5 Å². The Balaban J connectivity index is 2.19. The van der Waals surface area contributed by atoms with Gasteiger partial charge in [-0.2, -0.15) is 0 Å². The van der Waals surface area contributed by atoms with Gasteiger partial charge in [0.2, 0.25) is 5.91 Å². The van der Waals surface area contributed by atoms with Crippen LogP contribution < -0.4 is 5.32 Å². The quantitative estimate of drug-likeness (QED) is 0.527. The van der Waals surface area contributed by atoms with Gasteiger partial charge in [0.25, 0.3) is 0 Å². The van der Waals surface area contributed by atoms with E-state index in [-0.39, 0.29) is 29.8 Å². The molecule has 0 aromatic rings. The van der Waals surface area contributed by atoms with Crippen LogP contribution in [0.2, 0.25) is 0 Å². The van der Waals surface area contributed by atoms with Gasteiger partial charge in [0.1, 0.15) is 0 Å². The number of rotatable bonds is 8. The number of nitrogens with one attached hydrogen (secondary N) is 1. The third kappa shape index (κ3) is 6.44. The van der Waals surface area contributed by atoms with E-state index in [0.717, 1.165) is 13.0 Å². The van der Waals surface area contributed by atoms with Crippen molar-refractivity contribution in [2.75, 3.05) is 39.9 Å². The van der Waals surface area contributed by atoms with Crippen molar-refractivity contribution in [1.29, 1.82) is 0 Å². The van der Waals surface area contributed by atoms with Crippen LogP contribution in [0.25, 0.3) is 0 Å². The van der Waals surface area contributed by atoms with Gasteiger partial charge in [-0.1, -0.05) is 6.92 Å². The van der Waals surface area contributed by atoms with Gasteiger partial charge in [0.05, 0.1) is 25.7 Å². The second kappa shape index (κ2) is 9.00. The maximum absolute atomic E-state index is 11.8. The summed E-state index contributed by atoms with van der Waals surface area (Å²) in [4.78, 5) is 25.4. The monoisotopic (exact) mass is 300 g/mol. The highest BCUT2D eigenvalue weighted by molar-refractivity contribution is 5.78. The predicted octanol–water partition coefficient (Wildman–Crippen LogP) is 0.659. The Hall–Kier alpha value is -1.14. The Bertz CT molecular complexity index is 347. The van der Waals surface area contributed by atoms with Gasteiger partial charge in [-0.25, -0.2) is 0 Å². The average Bonchev–Trinajstić information content (AvgIpc) is 2.77. The van der Waals surface area contributed by atoms with Crippen LogP contribution in [0.15, 0.2) is 0 Å². The van der Waals surface area contributed by atoms with Crippen LogP contribution in [0.5, 0.6) is 0 Å². The highest BCUT2D eigenvalue weighted by Crippen LogP contribution is 2.23. The molecule has 1 heterocycles. The largest absolute Gasteiger partial charge is 0.469 e. The van der Waals surface area contributed by atoms with Crippen molar-refractivity contribution < 1.29 is 19.1 Å². The summed E-state index contributed by atoms with van der Waals surface area (Å²) in [5.41, 5.74) is 0. The second-order valence-corrected chi connectivity index (χ2v) is 5.92. The van der Waals surface area contributed by atoms with Crippen LogP contribution >= 0.6 is 0 Å².